The van der Waals surface area contributed by atoms with E-state index in [1.165, 1.54) is 11.0 Å². The van der Waals surface area contributed by atoms with Gasteiger partial charge in [0.1, 0.15) is 0 Å². The Hall–Kier alpha value is -1.43. The van der Waals surface area contributed by atoms with Gasteiger partial charge in [-0.05, 0) is 25.5 Å². The van der Waals surface area contributed by atoms with Crippen molar-refractivity contribution in [2.45, 2.75) is 19.8 Å². The maximum Gasteiger partial charge on any atom is 0.244 e. The van der Waals surface area contributed by atoms with Crippen LogP contribution in [0.1, 0.15) is 18.4 Å². The number of nitrogens with one attached hydrogen (secondary N) is 1. The molecule has 2 amide bonds. The van der Waals surface area contributed by atoms with E-state index in [1.54, 1.807) is 13.0 Å². The Labute approximate surface area is 119 Å². The van der Waals surface area contributed by atoms with E-state index in [-0.39, 0.29) is 24.0 Å². The summed E-state index contributed by atoms with van der Waals surface area (Å²) in [6.45, 7) is 2.19. The lowest BCUT2D eigenvalue weighted by Crippen LogP contribution is -2.34. The average molecular weight is 329 g/mol. The molecule has 1 aromatic rings. The summed E-state index contributed by atoms with van der Waals surface area (Å²) in [7, 11) is 0. The van der Waals surface area contributed by atoms with Crippen LogP contribution in [0.15, 0.2) is 16.6 Å². The van der Waals surface area contributed by atoms with E-state index in [4.69, 9.17) is 0 Å². The molecule has 1 aliphatic rings. The number of amides is 2. The van der Waals surface area contributed by atoms with Crippen molar-refractivity contribution in [3.63, 3.8) is 0 Å². The summed E-state index contributed by atoms with van der Waals surface area (Å²) in [5.41, 5.74) is 0.576. The minimum atomic E-state index is -0.463. The van der Waals surface area contributed by atoms with Crippen molar-refractivity contribution in [2.24, 2.45) is 0 Å². The van der Waals surface area contributed by atoms with Gasteiger partial charge in [0.15, 0.2) is 5.82 Å². The Kier molecular flexibility index (Phi) is 4.19. The van der Waals surface area contributed by atoms with E-state index in [2.05, 4.69) is 21.2 Å². The SMILES string of the molecule is Cc1c(Br)ccc(NC(=O)CN2CCCC2=O)c1F. The Morgan fingerprint density at radius 1 is 1.53 bits per heavy atom. The van der Waals surface area contributed by atoms with E-state index in [0.29, 0.717) is 23.0 Å². The highest BCUT2D eigenvalue weighted by Gasteiger charge is 2.22. The Balaban J connectivity index is 2.03. The molecule has 1 heterocycles. The smallest absolute Gasteiger partial charge is 0.244 e. The number of hydrogen-bond acceptors (Lipinski definition) is 2. The highest BCUT2D eigenvalue weighted by Crippen LogP contribution is 2.25. The van der Waals surface area contributed by atoms with Crippen molar-refractivity contribution < 1.29 is 14.0 Å². The molecule has 0 aromatic heterocycles. The first-order chi connectivity index (χ1) is 8.99. The third kappa shape index (κ3) is 3.12. The van der Waals surface area contributed by atoms with Gasteiger partial charge in [-0.25, -0.2) is 4.39 Å². The molecule has 0 bridgehead atoms. The number of likely N-dealkylation sites (tertiary alicyclic amines) is 1. The summed E-state index contributed by atoms with van der Waals surface area (Å²) in [6.07, 6.45) is 1.26. The lowest BCUT2D eigenvalue weighted by atomic mass is 10.2. The summed E-state index contributed by atoms with van der Waals surface area (Å²) in [6, 6.07) is 3.17. The molecule has 1 aliphatic heterocycles. The monoisotopic (exact) mass is 328 g/mol. The zero-order valence-corrected chi connectivity index (χ0v) is 12.1. The third-order valence-electron chi connectivity index (χ3n) is 3.10. The van der Waals surface area contributed by atoms with Crippen LogP contribution in [0.3, 0.4) is 0 Å². The molecule has 1 N–H and O–H groups in total. The number of benzene rings is 1. The molecule has 102 valence electrons. The fourth-order valence-corrected chi connectivity index (χ4v) is 2.30. The molecule has 1 aromatic carbocycles. The molecular weight excluding hydrogens is 315 g/mol. The van der Waals surface area contributed by atoms with Crippen LogP contribution < -0.4 is 5.32 Å². The first kappa shape index (κ1) is 14.0. The first-order valence-electron chi connectivity index (χ1n) is 6.01. The second-order valence-electron chi connectivity index (χ2n) is 4.50. The maximum atomic E-state index is 13.9. The summed E-state index contributed by atoms with van der Waals surface area (Å²) in [5.74, 6) is -0.867. The number of rotatable bonds is 3. The highest BCUT2D eigenvalue weighted by atomic mass is 79.9. The van der Waals surface area contributed by atoms with Gasteiger partial charge < -0.3 is 10.2 Å². The van der Waals surface area contributed by atoms with Gasteiger partial charge in [0, 0.05) is 23.0 Å². The van der Waals surface area contributed by atoms with E-state index >= 15 is 0 Å². The molecular formula is C13H14BrFN2O2. The van der Waals surface area contributed by atoms with Gasteiger partial charge in [-0.1, -0.05) is 15.9 Å². The molecule has 0 radical (unpaired) electrons. The van der Waals surface area contributed by atoms with Gasteiger partial charge in [0.25, 0.3) is 0 Å². The molecule has 0 spiro atoms. The van der Waals surface area contributed by atoms with E-state index < -0.39 is 5.82 Å². The van der Waals surface area contributed by atoms with Crippen LogP contribution in [-0.2, 0) is 9.59 Å². The average Bonchev–Trinajstić information content (AvgIpc) is 2.76. The lowest BCUT2D eigenvalue weighted by Gasteiger charge is -2.15. The zero-order chi connectivity index (χ0) is 14.0. The molecule has 0 aliphatic carbocycles. The second kappa shape index (κ2) is 5.69. The summed E-state index contributed by atoms with van der Waals surface area (Å²) >= 11 is 3.22. The molecule has 6 heteroatoms. The Morgan fingerprint density at radius 2 is 2.26 bits per heavy atom. The number of nitrogens with zero attached hydrogens (tertiary/aromatic N) is 1. The predicted octanol–water partition coefficient (Wildman–Crippen LogP) is 2.46. The minimum absolute atomic E-state index is 0.0205. The number of halogens is 2. The summed E-state index contributed by atoms with van der Waals surface area (Å²) in [4.78, 5) is 24.7. The van der Waals surface area contributed by atoms with Crippen molar-refractivity contribution in [3.8, 4) is 0 Å². The fourth-order valence-electron chi connectivity index (χ4n) is 1.99. The Morgan fingerprint density at radius 3 is 2.89 bits per heavy atom. The van der Waals surface area contributed by atoms with Gasteiger partial charge in [-0.15, -0.1) is 0 Å². The molecule has 0 saturated carbocycles. The molecule has 2 rings (SSSR count). The van der Waals surface area contributed by atoms with Gasteiger partial charge in [0.2, 0.25) is 11.8 Å². The predicted molar refractivity (Wildman–Crippen MR) is 73.3 cm³/mol. The fraction of sp³-hybridized carbons (Fsp3) is 0.385. The molecule has 19 heavy (non-hydrogen) atoms. The van der Waals surface area contributed by atoms with Crippen LogP contribution in [0.5, 0.6) is 0 Å². The zero-order valence-electron chi connectivity index (χ0n) is 10.5. The molecule has 4 nitrogen and oxygen atoms in total. The second-order valence-corrected chi connectivity index (χ2v) is 5.36. The van der Waals surface area contributed by atoms with Crippen LogP contribution in [-0.4, -0.2) is 29.8 Å². The number of anilines is 1. The van der Waals surface area contributed by atoms with Crippen molar-refractivity contribution >= 4 is 33.4 Å². The van der Waals surface area contributed by atoms with Crippen molar-refractivity contribution in [1.29, 1.82) is 0 Å². The summed E-state index contributed by atoms with van der Waals surface area (Å²) < 4.78 is 14.5. The topological polar surface area (TPSA) is 49.4 Å². The minimum Gasteiger partial charge on any atom is -0.333 e. The first-order valence-corrected chi connectivity index (χ1v) is 6.80. The van der Waals surface area contributed by atoms with Crippen LogP contribution >= 0.6 is 15.9 Å². The summed E-state index contributed by atoms with van der Waals surface area (Å²) in [5, 5.41) is 2.50. The van der Waals surface area contributed by atoms with Gasteiger partial charge in [-0.3, -0.25) is 9.59 Å². The normalized spacial score (nSPS) is 14.9. The lowest BCUT2D eigenvalue weighted by molar-refractivity contribution is -0.131. The van der Waals surface area contributed by atoms with E-state index in [1.807, 2.05) is 0 Å². The van der Waals surface area contributed by atoms with Crippen LogP contribution in [0, 0.1) is 12.7 Å². The number of hydrogen-bond donors (Lipinski definition) is 1. The number of carbonyl (C=O) groups excluding carboxylic acids is 2. The van der Waals surface area contributed by atoms with E-state index in [0.717, 1.165) is 6.42 Å². The Bertz CT molecular complexity index is 534. The number of carbonyl (C=O) groups is 2. The van der Waals surface area contributed by atoms with Gasteiger partial charge >= 0.3 is 0 Å². The molecule has 1 fully saturated rings. The highest BCUT2D eigenvalue weighted by molar-refractivity contribution is 9.10. The maximum absolute atomic E-state index is 13.9. The van der Waals surface area contributed by atoms with Gasteiger partial charge in [-0.2, -0.15) is 0 Å². The van der Waals surface area contributed by atoms with Crippen LogP contribution in [0.25, 0.3) is 0 Å². The largest absolute Gasteiger partial charge is 0.333 e. The quantitative estimate of drug-likeness (QED) is 0.926. The van der Waals surface area contributed by atoms with Crippen molar-refractivity contribution in [2.75, 3.05) is 18.4 Å². The standard InChI is InChI=1S/C13H14BrFN2O2/c1-8-9(14)4-5-10(13(8)15)16-11(18)7-17-6-2-3-12(17)19/h4-5H,2-3,6-7H2,1H3,(H,16,18). The van der Waals surface area contributed by atoms with Crippen LogP contribution in [0.4, 0.5) is 10.1 Å². The van der Waals surface area contributed by atoms with Crippen molar-refractivity contribution in [1.82, 2.24) is 4.90 Å². The van der Waals surface area contributed by atoms with E-state index in [9.17, 15) is 14.0 Å². The third-order valence-corrected chi connectivity index (χ3v) is 3.96. The van der Waals surface area contributed by atoms with Crippen LogP contribution in [0.2, 0.25) is 0 Å². The molecule has 0 atom stereocenters. The molecule has 0 unspecified atom stereocenters. The molecule has 1 saturated heterocycles. The van der Waals surface area contributed by atoms with Gasteiger partial charge in [0.05, 0.1) is 12.2 Å². The van der Waals surface area contributed by atoms with Crippen molar-refractivity contribution in [3.05, 3.63) is 28.0 Å².